The van der Waals surface area contributed by atoms with Gasteiger partial charge in [0.05, 0.1) is 31.0 Å². The van der Waals surface area contributed by atoms with Crippen LogP contribution >= 0.6 is 11.3 Å². The van der Waals surface area contributed by atoms with Crippen LogP contribution in [0.1, 0.15) is 36.4 Å². The zero-order valence-corrected chi connectivity index (χ0v) is 18.3. The van der Waals surface area contributed by atoms with E-state index in [1.807, 2.05) is 31.2 Å². The largest absolute Gasteiger partial charge is 0.377 e. The van der Waals surface area contributed by atoms with E-state index in [-0.39, 0.29) is 23.9 Å². The summed E-state index contributed by atoms with van der Waals surface area (Å²) in [4.78, 5) is 36.7. The highest BCUT2D eigenvalue weighted by Gasteiger charge is 2.32. The number of carbonyl (C=O) groups is 2. The normalized spacial score (nSPS) is 21.2. The molecule has 2 atom stereocenters. The van der Waals surface area contributed by atoms with Crippen molar-refractivity contribution in [3.63, 3.8) is 0 Å². The highest BCUT2D eigenvalue weighted by atomic mass is 32.1. The Hall–Kier alpha value is -2.75. The number of aryl methyl sites for hydroxylation is 1. The molecule has 3 aromatic rings. The van der Waals surface area contributed by atoms with Crippen LogP contribution < -0.4 is 10.6 Å². The zero-order chi connectivity index (χ0) is 21.5. The average Bonchev–Trinajstić information content (AvgIpc) is 3.45. The fraction of sp³-hybridized carbons (Fsp3) is 0.409. The van der Waals surface area contributed by atoms with Crippen LogP contribution in [0.25, 0.3) is 10.9 Å². The molecular weight excluding hydrogens is 414 g/mol. The van der Waals surface area contributed by atoms with Gasteiger partial charge in [0.2, 0.25) is 0 Å². The van der Waals surface area contributed by atoms with Crippen LogP contribution in [-0.4, -0.2) is 65.6 Å². The lowest BCUT2D eigenvalue weighted by Crippen LogP contribution is -2.51. The Morgan fingerprint density at radius 2 is 1.97 bits per heavy atom. The van der Waals surface area contributed by atoms with Crippen molar-refractivity contribution in [1.29, 1.82) is 0 Å². The van der Waals surface area contributed by atoms with Gasteiger partial charge >= 0.3 is 0 Å². The van der Waals surface area contributed by atoms with E-state index in [9.17, 15) is 9.59 Å². The first-order valence-electron chi connectivity index (χ1n) is 10.4. The molecule has 2 aromatic heterocycles. The number of nitrogens with one attached hydrogen (secondary N) is 3. The van der Waals surface area contributed by atoms with Crippen LogP contribution in [0, 0.1) is 6.92 Å². The molecule has 1 fully saturated rings. The van der Waals surface area contributed by atoms with Crippen molar-refractivity contribution >= 4 is 34.1 Å². The van der Waals surface area contributed by atoms with Crippen molar-refractivity contribution in [2.75, 3.05) is 26.8 Å². The number of nitrogens with zero attached hydrogens (tertiary/aromatic N) is 2. The third-order valence-corrected chi connectivity index (χ3v) is 6.93. The molecule has 4 heterocycles. The first-order valence-corrected chi connectivity index (χ1v) is 11.2. The van der Waals surface area contributed by atoms with Gasteiger partial charge in [-0.05, 0) is 32.2 Å². The van der Waals surface area contributed by atoms with Gasteiger partial charge in [-0.25, -0.2) is 4.98 Å². The fourth-order valence-electron chi connectivity index (χ4n) is 4.11. The lowest BCUT2D eigenvalue weighted by Gasteiger charge is -2.20. The first kappa shape index (κ1) is 20.2. The maximum absolute atomic E-state index is 12.8. The van der Waals surface area contributed by atoms with Crippen molar-refractivity contribution < 1.29 is 14.3 Å². The first-order chi connectivity index (χ1) is 15.0. The summed E-state index contributed by atoms with van der Waals surface area (Å²) in [5.41, 5.74) is 3.58. The van der Waals surface area contributed by atoms with Gasteiger partial charge in [-0.3, -0.25) is 9.59 Å². The topological polar surface area (TPSA) is 99.3 Å². The van der Waals surface area contributed by atoms with Crippen LogP contribution in [0.2, 0.25) is 0 Å². The zero-order valence-electron chi connectivity index (χ0n) is 17.5. The number of hydrogen-bond acceptors (Lipinski definition) is 6. The minimum absolute atomic E-state index is 0.210. The molecule has 0 aliphatic carbocycles. The summed E-state index contributed by atoms with van der Waals surface area (Å²) in [7, 11) is 2.07. The Balaban J connectivity index is 1.25. The predicted octanol–water partition coefficient (Wildman–Crippen LogP) is 1.85. The van der Waals surface area contributed by atoms with Gasteiger partial charge < -0.3 is 25.3 Å². The van der Waals surface area contributed by atoms with E-state index in [1.54, 1.807) is 0 Å². The quantitative estimate of drug-likeness (QED) is 0.576. The van der Waals surface area contributed by atoms with Crippen LogP contribution in [0.3, 0.4) is 0 Å². The second kappa shape index (κ2) is 8.07. The van der Waals surface area contributed by atoms with Crippen LogP contribution in [-0.2, 0) is 17.7 Å². The Bertz CT molecular complexity index is 1150. The van der Waals surface area contributed by atoms with Gasteiger partial charge in [-0.15, -0.1) is 11.3 Å². The maximum atomic E-state index is 12.8. The number of thiazole rings is 1. The lowest BCUT2D eigenvalue weighted by molar-refractivity contribution is 0.0894. The second-order valence-electron chi connectivity index (χ2n) is 8.35. The smallest absolute Gasteiger partial charge is 0.280 e. The van der Waals surface area contributed by atoms with Crippen LogP contribution in [0.5, 0.6) is 0 Å². The third kappa shape index (κ3) is 4.08. The minimum atomic E-state index is -0.301. The van der Waals surface area contributed by atoms with Gasteiger partial charge in [-0.2, -0.15) is 0 Å². The molecule has 0 spiro atoms. The SMILES string of the molecule is Cc1ccc2[nH]c(C(=O)N[C@@H]3COC[C@H]3NC(=O)c3nc4c(s3)CN(C)CC4)cc2c1. The number of benzene rings is 1. The molecule has 1 aromatic carbocycles. The number of carbonyl (C=O) groups excluding carboxylic acids is 2. The lowest BCUT2D eigenvalue weighted by atomic mass is 10.1. The summed E-state index contributed by atoms with van der Waals surface area (Å²) >= 11 is 1.45. The van der Waals surface area contributed by atoms with Gasteiger partial charge in [0, 0.05) is 35.3 Å². The molecule has 2 amide bonds. The van der Waals surface area contributed by atoms with Gasteiger partial charge in [0.25, 0.3) is 11.8 Å². The van der Waals surface area contributed by atoms with Crippen molar-refractivity contribution in [3.8, 4) is 0 Å². The van der Waals surface area contributed by atoms with Crippen molar-refractivity contribution in [2.24, 2.45) is 0 Å². The van der Waals surface area contributed by atoms with E-state index >= 15 is 0 Å². The molecule has 1 saturated heterocycles. The predicted molar refractivity (Wildman–Crippen MR) is 119 cm³/mol. The molecule has 9 heteroatoms. The Morgan fingerprint density at radius 3 is 2.77 bits per heavy atom. The number of aromatic amines is 1. The van der Waals surface area contributed by atoms with Gasteiger partial charge in [0.15, 0.2) is 5.01 Å². The number of amides is 2. The number of fused-ring (bicyclic) bond motifs is 2. The van der Waals surface area contributed by atoms with E-state index in [1.165, 1.54) is 11.3 Å². The van der Waals surface area contributed by atoms with E-state index in [4.69, 9.17) is 4.74 Å². The number of aromatic nitrogens is 2. The molecule has 0 saturated carbocycles. The molecule has 3 N–H and O–H groups in total. The second-order valence-corrected chi connectivity index (χ2v) is 9.43. The number of H-pyrrole nitrogens is 1. The molecule has 0 unspecified atom stereocenters. The van der Waals surface area contributed by atoms with Crippen LogP contribution in [0.4, 0.5) is 0 Å². The van der Waals surface area contributed by atoms with E-state index < -0.39 is 0 Å². The van der Waals surface area contributed by atoms with Crippen molar-refractivity contribution in [2.45, 2.75) is 32.0 Å². The highest BCUT2D eigenvalue weighted by Crippen LogP contribution is 2.25. The van der Waals surface area contributed by atoms with Gasteiger partial charge in [0.1, 0.15) is 5.69 Å². The molecule has 2 aliphatic rings. The summed E-state index contributed by atoms with van der Waals surface area (Å²) in [5, 5.41) is 7.47. The van der Waals surface area contributed by atoms with E-state index in [0.29, 0.717) is 23.9 Å². The highest BCUT2D eigenvalue weighted by molar-refractivity contribution is 7.13. The molecule has 0 bridgehead atoms. The van der Waals surface area contributed by atoms with E-state index in [0.717, 1.165) is 46.5 Å². The Labute approximate surface area is 184 Å². The summed E-state index contributed by atoms with van der Waals surface area (Å²) in [5.74, 6) is -0.422. The number of ether oxygens (including phenoxy) is 1. The Morgan fingerprint density at radius 1 is 1.19 bits per heavy atom. The van der Waals surface area contributed by atoms with Crippen molar-refractivity contribution in [1.82, 2.24) is 25.5 Å². The molecule has 2 aliphatic heterocycles. The summed E-state index contributed by atoms with van der Waals surface area (Å²) in [6.07, 6.45) is 0.866. The molecular formula is C22H25N5O3S. The van der Waals surface area contributed by atoms with Crippen LogP contribution in [0.15, 0.2) is 24.3 Å². The van der Waals surface area contributed by atoms with Crippen molar-refractivity contribution in [3.05, 3.63) is 51.1 Å². The standard InChI is InChI=1S/C22H25N5O3S/c1-12-3-4-14-13(7-12)8-16(23-14)20(28)24-17-10-30-11-18(17)25-21(29)22-26-15-5-6-27(2)9-19(15)31-22/h3-4,7-8,17-18,23H,5-6,9-11H2,1-2H3,(H,24,28)(H,25,29)/t17-,18-/m1/s1. The maximum Gasteiger partial charge on any atom is 0.280 e. The summed E-state index contributed by atoms with van der Waals surface area (Å²) in [6, 6.07) is 7.25. The molecule has 8 nitrogen and oxygen atoms in total. The molecule has 31 heavy (non-hydrogen) atoms. The third-order valence-electron chi connectivity index (χ3n) is 5.85. The number of hydrogen-bond donors (Lipinski definition) is 3. The minimum Gasteiger partial charge on any atom is -0.377 e. The summed E-state index contributed by atoms with van der Waals surface area (Å²) in [6.45, 7) is 4.52. The average molecular weight is 440 g/mol. The Kier molecular flexibility index (Phi) is 5.25. The molecule has 5 rings (SSSR count). The van der Waals surface area contributed by atoms with Gasteiger partial charge in [-0.1, -0.05) is 11.6 Å². The molecule has 162 valence electrons. The summed E-state index contributed by atoms with van der Waals surface area (Å²) < 4.78 is 5.55. The van der Waals surface area contributed by atoms with E-state index in [2.05, 4.69) is 32.5 Å². The number of likely N-dealkylation sites (N-methyl/N-ethyl adjacent to an activating group) is 1. The monoisotopic (exact) mass is 439 g/mol. The fourth-order valence-corrected chi connectivity index (χ4v) is 5.20. The number of rotatable bonds is 4. The molecule has 0 radical (unpaired) electrons.